The molecule has 0 bridgehead atoms. The van der Waals surface area contributed by atoms with Gasteiger partial charge in [0.25, 0.3) is 0 Å². The zero-order chi connectivity index (χ0) is 26.9. The molecule has 0 saturated heterocycles. The van der Waals surface area contributed by atoms with E-state index in [1.807, 2.05) is 24.3 Å². The maximum atomic E-state index is 15.5. The number of aromatic nitrogens is 1. The number of carbonyl (C=O) groups is 1. The van der Waals surface area contributed by atoms with Crippen LogP contribution in [0.25, 0.3) is 11.1 Å². The number of hydrogen-bond acceptors (Lipinski definition) is 4. The van der Waals surface area contributed by atoms with E-state index in [0.29, 0.717) is 36.3 Å². The molecule has 7 heteroatoms. The SMILES string of the molecule is COc1cc(-c2ccc(COc3ccc4c(c3F)C([C@H](C)C(=O)O)CC4)cc2CC(C)(C)C)c(F)cn1. The highest BCUT2D eigenvalue weighted by molar-refractivity contribution is 5.71. The number of benzene rings is 2. The zero-order valence-corrected chi connectivity index (χ0v) is 21.9. The van der Waals surface area contributed by atoms with Gasteiger partial charge in [0.05, 0.1) is 19.2 Å². The normalized spacial score (nSPS) is 15.8. The predicted octanol–water partition coefficient (Wildman–Crippen LogP) is 6.95. The Morgan fingerprint density at radius 3 is 2.59 bits per heavy atom. The fourth-order valence-corrected chi connectivity index (χ4v) is 5.09. The minimum Gasteiger partial charge on any atom is -0.486 e. The first-order valence-electron chi connectivity index (χ1n) is 12.5. The molecule has 4 rings (SSSR count). The van der Waals surface area contributed by atoms with Crippen LogP contribution in [0.15, 0.2) is 42.6 Å². The van der Waals surface area contributed by atoms with Gasteiger partial charge in [0.2, 0.25) is 5.88 Å². The zero-order valence-electron chi connectivity index (χ0n) is 21.9. The van der Waals surface area contributed by atoms with Crippen molar-refractivity contribution in [1.29, 1.82) is 0 Å². The van der Waals surface area contributed by atoms with E-state index in [1.165, 1.54) is 7.11 Å². The summed E-state index contributed by atoms with van der Waals surface area (Å²) in [4.78, 5) is 15.5. The van der Waals surface area contributed by atoms with E-state index in [-0.39, 0.29) is 23.7 Å². The number of ether oxygens (including phenoxy) is 2. The molecular formula is C30H33F2NO4. The maximum Gasteiger partial charge on any atom is 0.306 e. The highest BCUT2D eigenvalue weighted by Crippen LogP contribution is 2.43. The Bertz CT molecular complexity index is 1320. The third-order valence-corrected chi connectivity index (χ3v) is 6.94. The average molecular weight is 510 g/mol. The number of carboxylic acid groups (broad SMARTS) is 1. The first-order valence-corrected chi connectivity index (χ1v) is 12.5. The van der Waals surface area contributed by atoms with Crippen LogP contribution in [0.4, 0.5) is 8.78 Å². The third-order valence-electron chi connectivity index (χ3n) is 6.94. The highest BCUT2D eigenvalue weighted by atomic mass is 19.1. The molecule has 0 radical (unpaired) electrons. The average Bonchev–Trinajstić information content (AvgIpc) is 3.27. The first-order chi connectivity index (χ1) is 17.5. The molecule has 2 atom stereocenters. The molecule has 196 valence electrons. The van der Waals surface area contributed by atoms with Gasteiger partial charge in [-0.25, -0.2) is 13.8 Å². The van der Waals surface area contributed by atoms with Crippen molar-refractivity contribution in [3.05, 3.63) is 76.5 Å². The lowest BCUT2D eigenvalue weighted by Gasteiger charge is -2.22. The van der Waals surface area contributed by atoms with E-state index in [9.17, 15) is 14.3 Å². The number of pyridine rings is 1. The van der Waals surface area contributed by atoms with Crippen LogP contribution in [-0.4, -0.2) is 23.2 Å². The van der Waals surface area contributed by atoms with Crippen LogP contribution in [0.1, 0.15) is 62.3 Å². The Hall–Kier alpha value is -3.48. The van der Waals surface area contributed by atoms with Gasteiger partial charge in [0.1, 0.15) is 12.4 Å². The quantitative estimate of drug-likeness (QED) is 0.356. The monoisotopic (exact) mass is 509 g/mol. The Labute approximate surface area is 216 Å². The molecule has 0 fully saturated rings. The second-order valence-corrected chi connectivity index (χ2v) is 10.9. The third kappa shape index (κ3) is 5.76. The van der Waals surface area contributed by atoms with Crippen molar-refractivity contribution in [2.24, 2.45) is 11.3 Å². The van der Waals surface area contributed by atoms with Gasteiger partial charge in [-0.15, -0.1) is 0 Å². The Balaban J connectivity index is 1.63. The number of hydrogen-bond donors (Lipinski definition) is 1. The Morgan fingerprint density at radius 1 is 1.16 bits per heavy atom. The number of aryl methyl sites for hydroxylation is 1. The molecule has 0 spiro atoms. The lowest BCUT2D eigenvalue weighted by atomic mass is 9.84. The predicted molar refractivity (Wildman–Crippen MR) is 138 cm³/mol. The Kier molecular flexibility index (Phi) is 7.53. The first kappa shape index (κ1) is 26.6. The van der Waals surface area contributed by atoms with Crippen molar-refractivity contribution in [1.82, 2.24) is 4.98 Å². The van der Waals surface area contributed by atoms with Gasteiger partial charge in [-0.1, -0.05) is 52.0 Å². The van der Waals surface area contributed by atoms with Crippen LogP contribution in [0, 0.1) is 23.0 Å². The fourth-order valence-electron chi connectivity index (χ4n) is 5.09. The summed E-state index contributed by atoms with van der Waals surface area (Å²) in [6.07, 6.45) is 3.10. The van der Waals surface area contributed by atoms with E-state index >= 15 is 4.39 Å². The van der Waals surface area contributed by atoms with E-state index in [0.717, 1.165) is 28.5 Å². The molecule has 37 heavy (non-hydrogen) atoms. The molecule has 1 aliphatic rings. The van der Waals surface area contributed by atoms with Crippen LogP contribution < -0.4 is 9.47 Å². The second-order valence-electron chi connectivity index (χ2n) is 10.9. The summed E-state index contributed by atoms with van der Waals surface area (Å²) in [5, 5.41) is 9.45. The van der Waals surface area contributed by atoms with Gasteiger partial charge in [-0.05, 0) is 58.6 Å². The summed E-state index contributed by atoms with van der Waals surface area (Å²) in [5.74, 6) is -2.47. The van der Waals surface area contributed by atoms with Gasteiger partial charge < -0.3 is 14.6 Å². The fraction of sp³-hybridized carbons (Fsp3) is 0.400. The summed E-state index contributed by atoms with van der Waals surface area (Å²) >= 11 is 0. The van der Waals surface area contributed by atoms with Gasteiger partial charge in [0.15, 0.2) is 11.6 Å². The molecular weight excluding hydrogens is 476 g/mol. The summed E-state index contributed by atoms with van der Waals surface area (Å²) < 4.78 is 41.3. The molecule has 2 aromatic carbocycles. The lowest BCUT2D eigenvalue weighted by Crippen LogP contribution is -2.18. The van der Waals surface area contributed by atoms with Crippen LogP contribution in [0.3, 0.4) is 0 Å². The number of carboxylic acids is 1. The maximum absolute atomic E-state index is 15.5. The summed E-state index contributed by atoms with van der Waals surface area (Å²) in [7, 11) is 1.49. The summed E-state index contributed by atoms with van der Waals surface area (Å²) in [6.45, 7) is 8.07. The molecule has 1 N–H and O–H groups in total. The van der Waals surface area contributed by atoms with Crippen molar-refractivity contribution in [2.45, 2.75) is 59.5 Å². The largest absolute Gasteiger partial charge is 0.486 e. The van der Waals surface area contributed by atoms with Crippen LogP contribution in [-0.2, 0) is 24.2 Å². The summed E-state index contributed by atoms with van der Waals surface area (Å²) in [6, 6.07) is 10.7. The number of nitrogens with zero attached hydrogens (tertiary/aromatic N) is 1. The van der Waals surface area contributed by atoms with Crippen LogP contribution >= 0.6 is 0 Å². The second kappa shape index (κ2) is 10.5. The highest BCUT2D eigenvalue weighted by Gasteiger charge is 2.34. The van der Waals surface area contributed by atoms with Gasteiger partial charge in [-0.2, -0.15) is 0 Å². The van der Waals surface area contributed by atoms with Crippen molar-refractivity contribution in [2.75, 3.05) is 7.11 Å². The smallest absolute Gasteiger partial charge is 0.306 e. The summed E-state index contributed by atoms with van der Waals surface area (Å²) in [5.41, 5.74) is 4.13. The number of methoxy groups -OCH3 is 1. The van der Waals surface area contributed by atoms with Crippen molar-refractivity contribution in [3.63, 3.8) is 0 Å². The van der Waals surface area contributed by atoms with E-state index in [4.69, 9.17) is 9.47 Å². The molecule has 3 aromatic rings. The Morgan fingerprint density at radius 2 is 1.92 bits per heavy atom. The minimum atomic E-state index is -0.932. The molecule has 1 aliphatic carbocycles. The van der Waals surface area contributed by atoms with E-state index in [2.05, 4.69) is 25.8 Å². The molecule has 1 unspecified atom stereocenters. The molecule has 1 heterocycles. The van der Waals surface area contributed by atoms with Gasteiger partial charge >= 0.3 is 5.97 Å². The van der Waals surface area contributed by atoms with E-state index < -0.39 is 23.5 Å². The van der Waals surface area contributed by atoms with Crippen molar-refractivity contribution < 1.29 is 28.2 Å². The molecule has 5 nitrogen and oxygen atoms in total. The lowest BCUT2D eigenvalue weighted by molar-refractivity contribution is -0.141. The van der Waals surface area contributed by atoms with Gasteiger partial charge in [0, 0.05) is 17.5 Å². The van der Waals surface area contributed by atoms with Gasteiger partial charge in [-0.3, -0.25) is 4.79 Å². The topological polar surface area (TPSA) is 68.7 Å². The van der Waals surface area contributed by atoms with E-state index in [1.54, 1.807) is 19.1 Å². The molecule has 0 saturated carbocycles. The molecule has 0 amide bonds. The molecule has 1 aromatic heterocycles. The molecule has 0 aliphatic heterocycles. The number of aliphatic carboxylic acids is 1. The number of fused-ring (bicyclic) bond motifs is 1. The minimum absolute atomic E-state index is 0.0657. The number of rotatable bonds is 8. The van der Waals surface area contributed by atoms with Crippen LogP contribution in [0.5, 0.6) is 11.6 Å². The standard InChI is InChI=1S/C30H33F2NO4/c1-17(29(34)35)21-10-7-19-8-11-25(28(32)27(19)21)37-16-18-6-9-22(20(12-18)14-30(2,3)4)23-13-26(36-5)33-15-24(23)31/h6,8-9,11-13,15,17,21H,7,10,14,16H2,1-5H3,(H,34,35)/t17-,21?/m0/s1. The van der Waals surface area contributed by atoms with Crippen LogP contribution in [0.2, 0.25) is 0 Å². The van der Waals surface area contributed by atoms with Crippen molar-refractivity contribution >= 4 is 5.97 Å². The number of halogens is 2. The van der Waals surface area contributed by atoms with Crippen molar-refractivity contribution in [3.8, 4) is 22.8 Å².